The van der Waals surface area contributed by atoms with Gasteiger partial charge in [0.25, 0.3) is 0 Å². The van der Waals surface area contributed by atoms with Crippen LogP contribution in [0, 0.1) is 0 Å². The van der Waals surface area contributed by atoms with Crippen molar-refractivity contribution in [1.29, 1.82) is 0 Å². The molecule has 0 bridgehead atoms. The zero-order chi connectivity index (χ0) is 18.3. The minimum atomic E-state index is -4.35. The highest BCUT2D eigenvalue weighted by Gasteiger charge is 2.31. The Balaban J connectivity index is 0.00000338. The van der Waals surface area contributed by atoms with E-state index in [9.17, 15) is 18.0 Å². The molecule has 1 aromatic carbocycles. The second-order valence-corrected chi connectivity index (χ2v) is 5.94. The summed E-state index contributed by atoms with van der Waals surface area (Å²) in [5, 5.41) is 5.78. The predicted octanol–water partition coefficient (Wildman–Crippen LogP) is 2.65. The molecule has 1 aliphatic rings. The van der Waals surface area contributed by atoms with Gasteiger partial charge >= 0.3 is 6.18 Å². The van der Waals surface area contributed by atoms with Crippen molar-refractivity contribution in [3.63, 3.8) is 0 Å². The zero-order valence-electron chi connectivity index (χ0n) is 15.1. The number of rotatable bonds is 7. The Kier molecular flexibility index (Phi) is 11.9. The van der Waals surface area contributed by atoms with Gasteiger partial charge in [-0.05, 0) is 24.7 Å². The lowest BCUT2D eigenvalue weighted by Gasteiger charge is -2.35. The smallest absolute Gasteiger partial charge is 0.379 e. The first-order chi connectivity index (χ1) is 11.9. The summed E-state index contributed by atoms with van der Waals surface area (Å²) in [5.74, 6) is -0.0838. The summed E-state index contributed by atoms with van der Waals surface area (Å²) < 4.78 is 43.6. The molecule has 156 valence electrons. The van der Waals surface area contributed by atoms with E-state index in [1.54, 1.807) is 7.05 Å². The number of ether oxygens (including phenoxy) is 1. The number of carbonyl (C=O) groups excluding carboxylic acids is 1. The average molecular weight is 432 g/mol. The van der Waals surface area contributed by atoms with Crippen LogP contribution in [0.4, 0.5) is 13.2 Å². The lowest BCUT2D eigenvalue weighted by molar-refractivity contribution is -0.137. The second kappa shape index (κ2) is 12.4. The van der Waals surface area contributed by atoms with E-state index >= 15 is 0 Å². The third kappa shape index (κ3) is 8.23. The van der Waals surface area contributed by atoms with Crippen LogP contribution in [0.5, 0.6) is 0 Å². The molecule has 10 heteroatoms. The molecule has 1 aliphatic heterocycles. The molecule has 2 rings (SSSR count). The van der Waals surface area contributed by atoms with Crippen molar-refractivity contribution in [2.75, 3.05) is 46.4 Å². The summed E-state index contributed by atoms with van der Waals surface area (Å²) in [4.78, 5) is 14.0. The Labute approximate surface area is 169 Å². The minimum Gasteiger partial charge on any atom is -0.379 e. The number of nitrogens with zero attached hydrogens (tertiary/aromatic N) is 1. The first-order valence-electron chi connectivity index (χ1n) is 8.32. The topological polar surface area (TPSA) is 53.6 Å². The maximum Gasteiger partial charge on any atom is 0.416 e. The lowest BCUT2D eigenvalue weighted by atomic mass is 10.0. The first-order valence-corrected chi connectivity index (χ1v) is 8.32. The van der Waals surface area contributed by atoms with Crippen molar-refractivity contribution >= 4 is 30.7 Å². The highest BCUT2D eigenvalue weighted by Crippen LogP contribution is 2.31. The number of halogens is 5. The Morgan fingerprint density at radius 2 is 1.78 bits per heavy atom. The standard InChI is InChI=1S/C17H24F3N3O2.2ClH/c1-21-7-6-16(24)22-12-15(23-8-10-25-11-9-23)13-2-4-14(5-3-13)17(18,19)20;;/h2-5,15,21H,6-12H2,1H3,(H,22,24);2*1H. The molecular formula is C17H26Cl2F3N3O2. The summed E-state index contributed by atoms with van der Waals surface area (Å²) in [6, 6.07) is 4.98. The van der Waals surface area contributed by atoms with Crippen LogP contribution in [0.15, 0.2) is 24.3 Å². The van der Waals surface area contributed by atoms with Crippen LogP contribution in [0.2, 0.25) is 0 Å². The Morgan fingerprint density at radius 1 is 1.19 bits per heavy atom. The van der Waals surface area contributed by atoms with Crippen molar-refractivity contribution in [2.45, 2.75) is 18.6 Å². The van der Waals surface area contributed by atoms with E-state index in [4.69, 9.17) is 4.74 Å². The van der Waals surface area contributed by atoms with E-state index in [1.807, 2.05) is 0 Å². The van der Waals surface area contributed by atoms with Crippen LogP contribution in [-0.4, -0.2) is 57.2 Å². The van der Waals surface area contributed by atoms with Gasteiger partial charge in [-0.3, -0.25) is 9.69 Å². The van der Waals surface area contributed by atoms with Gasteiger partial charge in [0, 0.05) is 32.6 Å². The van der Waals surface area contributed by atoms with Crippen molar-refractivity contribution in [3.05, 3.63) is 35.4 Å². The number of benzene rings is 1. The molecule has 5 nitrogen and oxygen atoms in total. The molecular weight excluding hydrogens is 406 g/mol. The van der Waals surface area contributed by atoms with Crippen LogP contribution in [0.1, 0.15) is 23.6 Å². The van der Waals surface area contributed by atoms with Crippen LogP contribution >= 0.6 is 24.8 Å². The quantitative estimate of drug-likeness (QED) is 0.696. The molecule has 0 spiro atoms. The highest BCUT2D eigenvalue weighted by atomic mass is 35.5. The fraction of sp³-hybridized carbons (Fsp3) is 0.588. The van der Waals surface area contributed by atoms with Gasteiger partial charge in [-0.15, -0.1) is 24.8 Å². The number of carbonyl (C=O) groups is 1. The van der Waals surface area contributed by atoms with Crippen molar-refractivity contribution < 1.29 is 22.7 Å². The van der Waals surface area contributed by atoms with Crippen molar-refractivity contribution in [1.82, 2.24) is 15.5 Å². The van der Waals surface area contributed by atoms with E-state index in [0.29, 0.717) is 45.8 Å². The average Bonchev–Trinajstić information content (AvgIpc) is 2.60. The molecule has 1 unspecified atom stereocenters. The van der Waals surface area contributed by atoms with Gasteiger partial charge in [-0.2, -0.15) is 13.2 Å². The van der Waals surface area contributed by atoms with Gasteiger partial charge in [-0.1, -0.05) is 12.1 Å². The Morgan fingerprint density at radius 3 is 2.30 bits per heavy atom. The highest BCUT2D eigenvalue weighted by molar-refractivity contribution is 5.85. The van der Waals surface area contributed by atoms with Gasteiger partial charge in [0.1, 0.15) is 0 Å². The normalized spacial score (nSPS) is 16.0. The van der Waals surface area contributed by atoms with Gasteiger partial charge in [-0.25, -0.2) is 0 Å². The zero-order valence-corrected chi connectivity index (χ0v) is 16.7. The maximum atomic E-state index is 12.8. The van der Waals surface area contributed by atoms with E-state index in [2.05, 4.69) is 15.5 Å². The minimum absolute atomic E-state index is 0. The Bertz CT molecular complexity index is 553. The Hall–Kier alpha value is -1.06. The largest absolute Gasteiger partial charge is 0.416 e. The summed E-state index contributed by atoms with van der Waals surface area (Å²) >= 11 is 0. The number of hydrogen-bond donors (Lipinski definition) is 2. The van der Waals surface area contributed by atoms with Gasteiger partial charge in [0.05, 0.1) is 24.8 Å². The SMILES string of the molecule is CNCCC(=O)NCC(c1ccc(C(F)(F)F)cc1)N1CCOCC1.Cl.Cl. The van der Waals surface area contributed by atoms with Crippen LogP contribution in [-0.2, 0) is 15.7 Å². The number of morpholine rings is 1. The van der Waals surface area contributed by atoms with Crippen molar-refractivity contribution in [3.8, 4) is 0 Å². The monoisotopic (exact) mass is 431 g/mol. The predicted molar refractivity (Wildman–Crippen MR) is 103 cm³/mol. The van der Waals surface area contributed by atoms with Gasteiger partial charge < -0.3 is 15.4 Å². The van der Waals surface area contributed by atoms with E-state index < -0.39 is 11.7 Å². The number of amides is 1. The molecule has 1 fully saturated rings. The molecule has 1 atom stereocenters. The van der Waals surface area contributed by atoms with Gasteiger partial charge in [0.2, 0.25) is 5.91 Å². The third-order valence-electron chi connectivity index (χ3n) is 4.20. The molecule has 0 aromatic heterocycles. The van der Waals surface area contributed by atoms with Crippen LogP contribution in [0.3, 0.4) is 0 Å². The maximum absolute atomic E-state index is 12.8. The molecule has 27 heavy (non-hydrogen) atoms. The molecule has 1 heterocycles. The van der Waals surface area contributed by atoms with Crippen molar-refractivity contribution in [2.24, 2.45) is 0 Å². The summed E-state index contributed by atoms with van der Waals surface area (Å²) in [6.45, 7) is 3.44. The van der Waals surface area contributed by atoms with E-state index in [-0.39, 0.29) is 36.8 Å². The lowest BCUT2D eigenvalue weighted by Crippen LogP contribution is -2.44. The van der Waals surface area contributed by atoms with Crippen LogP contribution < -0.4 is 10.6 Å². The molecule has 0 aliphatic carbocycles. The number of hydrogen-bond acceptors (Lipinski definition) is 4. The number of alkyl halides is 3. The summed E-state index contributed by atoms with van der Waals surface area (Å²) in [6.07, 6.45) is -3.99. The first kappa shape index (κ1) is 25.9. The fourth-order valence-electron chi connectivity index (χ4n) is 2.78. The molecule has 2 N–H and O–H groups in total. The summed E-state index contributed by atoms with van der Waals surface area (Å²) in [5.41, 5.74) is 0.0823. The molecule has 1 saturated heterocycles. The molecule has 0 radical (unpaired) electrons. The molecule has 1 aromatic rings. The molecule has 0 saturated carbocycles. The van der Waals surface area contributed by atoms with E-state index in [1.165, 1.54) is 12.1 Å². The van der Waals surface area contributed by atoms with Crippen LogP contribution in [0.25, 0.3) is 0 Å². The second-order valence-electron chi connectivity index (χ2n) is 5.94. The summed E-state index contributed by atoms with van der Waals surface area (Å²) in [7, 11) is 1.77. The molecule has 1 amide bonds. The fourth-order valence-corrected chi connectivity index (χ4v) is 2.78. The van der Waals surface area contributed by atoms with Gasteiger partial charge in [0.15, 0.2) is 0 Å². The number of nitrogens with one attached hydrogen (secondary N) is 2. The van der Waals surface area contributed by atoms with E-state index in [0.717, 1.165) is 17.7 Å². The third-order valence-corrected chi connectivity index (χ3v) is 4.20.